The van der Waals surface area contributed by atoms with Gasteiger partial charge in [-0.25, -0.2) is 13.2 Å². The molecule has 0 saturated carbocycles. The van der Waals surface area contributed by atoms with E-state index in [0.717, 1.165) is 41.2 Å². The average molecular weight is 506 g/mol. The van der Waals surface area contributed by atoms with Crippen LogP contribution >= 0.6 is 0 Å². The molecule has 8 nitrogen and oxygen atoms in total. The highest BCUT2D eigenvalue weighted by Crippen LogP contribution is 2.31. The third kappa shape index (κ3) is 4.47. The van der Waals surface area contributed by atoms with Crippen LogP contribution in [0.25, 0.3) is 21.8 Å². The summed E-state index contributed by atoms with van der Waals surface area (Å²) in [6.07, 6.45) is 1.70. The van der Waals surface area contributed by atoms with Gasteiger partial charge in [0.1, 0.15) is 0 Å². The molecular weight excluding hydrogens is 478 g/mol. The number of anilines is 1. The lowest BCUT2D eigenvalue weighted by Crippen LogP contribution is -2.27. The Morgan fingerprint density at radius 2 is 1.61 bits per heavy atom. The Hall–Kier alpha value is -3.69. The smallest absolute Gasteiger partial charge is 0.338 e. The molecular formula is C27H27N3O5S. The average Bonchev–Trinajstić information content (AvgIpc) is 3.54. The third-order valence-electron chi connectivity index (χ3n) is 6.50. The maximum Gasteiger partial charge on any atom is 0.338 e. The van der Waals surface area contributed by atoms with E-state index in [1.165, 1.54) is 28.6 Å². The Morgan fingerprint density at radius 3 is 2.33 bits per heavy atom. The molecule has 0 spiro atoms. The van der Waals surface area contributed by atoms with Crippen molar-refractivity contribution in [2.45, 2.75) is 31.2 Å². The maximum atomic E-state index is 12.6. The standard InChI is InChI=1S/C27H27N3O5S/c1-2-30-24-8-4-3-7-22(24)23-17-20(11-14-25(23)30)28-26(31)18-35-27(32)19-9-12-21(13-10-19)36(33,34)29-15-5-6-16-29/h3-4,7-14,17H,2,5-6,15-16,18H2,1H3,(H,28,31). The molecule has 9 heteroatoms. The van der Waals surface area contributed by atoms with Crippen molar-refractivity contribution in [3.8, 4) is 0 Å². The van der Waals surface area contributed by atoms with Crippen LogP contribution in [-0.2, 0) is 26.1 Å². The summed E-state index contributed by atoms with van der Waals surface area (Å²) in [5.41, 5.74) is 3.00. The Morgan fingerprint density at radius 1 is 0.917 bits per heavy atom. The van der Waals surface area contributed by atoms with Gasteiger partial charge < -0.3 is 14.6 Å². The molecule has 0 bridgehead atoms. The van der Waals surface area contributed by atoms with Crippen LogP contribution in [0.5, 0.6) is 0 Å². The van der Waals surface area contributed by atoms with Gasteiger partial charge in [0.15, 0.2) is 6.61 Å². The van der Waals surface area contributed by atoms with Gasteiger partial charge in [-0.1, -0.05) is 18.2 Å². The molecule has 1 saturated heterocycles. The number of carbonyl (C=O) groups is 2. The largest absolute Gasteiger partial charge is 0.452 e. The molecule has 1 aliphatic heterocycles. The van der Waals surface area contributed by atoms with E-state index < -0.39 is 28.5 Å². The number of aryl methyl sites for hydroxylation is 1. The Kier molecular flexibility index (Phi) is 6.51. The number of nitrogens with zero attached hydrogens (tertiary/aromatic N) is 2. The summed E-state index contributed by atoms with van der Waals surface area (Å²) in [4.78, 5) is 25.0. The summed E-state index contributed by atoms with van der Waals surface area (Å²) < 4.78 is 34.1. The Bertz CT molecular complexity index is 1550. The van der Waals surface area contributed by atoms with Gasteiger partial charge in [-0.3, -0.25) is 4.79 Å². The van der Waals surface area contributed by atoms with Crippen molar-refractivity contribution in [1.82, 2.24) is 8.87 Å². The van der Waals surface area contributed by atoms with Gasteiger partial charge in [-0.2, -0.15) is 4.31 Å². The first-order chi connectivity index (χ1) is 17.4. The van der Waals surface area contributed by atoms with Gasteiger partial charge in [0.25, 0.3) is 5.91 Å². The summed E-state index contributed by atoms with van der Waals surface area (Å²) in [7, 11) is -3.56. The molecule has 1 fully saturated rings. The number of rotatable bonds is 7. The van der Waals surface area contributed by atoms with Crippen molar-refractivity contribution in [1.29, 1.82) is 0 Å². The fourth-order valence-electron chi connectivity index (χ4n) is 4.72. The van der Waals surface area contributed by atoms with E-state index in [0.29, 0.717) is 18.8 Å². The molecule has 1 N–H and O–H groups in total. The highest BCUT2D eigenvalue weighted by Gasteiger charge is 2.27. The fraction of sp³-hybridized carbons (Fsp3) is 0.259. The van der Waals surface area contributed by atoms with Crippen molar-refractivity contribution in [2.24, 2.45) is 0 Å². The molecule has 1 amide bonds. The number of sulfonamides is 1. The van der Waals surface area contributed by atoms with Crippen molar-refractivity contribution in [3.05, 3.63) is 72.3 Å². The van der Waals surface area contributed by atoms with Crippen LogP contribution in [-0.4, -0.2) is 48.9 Å². The predicted molar refractivity (Wildman–Crippen MR) is 138 cm³/mol. The molecule has 0 aliphatic carbocycles. The highest BCUT2D eigenvalue weighted by atomic mass is 32.2. The maximum absolute atomic E-state index is 12.6. The first-order valence-corrected chi connectivity index (χ1v) is 13.4. The number of fused-ring (bicyclic) bond motifs is 3. The van der Waals surface area contributed by atoms with E-state index in [1.807, 2.05) is 30.3 Å². The van der Waals surface area contributed by atoms with Gasteiger partial charge in [0.2, 0.25) is 10.0 Å². The number of nitrogens with one attached hydrogen (secondary N) is 1. The zero-order valence-corrected chi connectivity index (χ0v) is 20.8. The summed E-state index contributed by atoms with van der Waals surface area (Å²) in [6, 6.07) is 19.4. The van der Waals surface area contributed by atoms with Gasteiger partial charge >= 0.3 is 5.97 Å². The number of para-hydroxylation sites is 1. The van der Waals surface area contributed by atoms with E-state index >= 15 is 0 Å². The van der Waals surface area contributed by atoms with Crippen molar-refractivity contribution >= 4 is 49.4 Å². The van der Waals surface area contributed by atoms with Crippen LogP contribution in [0.15, 0.2) is 71.6 Å². The second kappa shape index (κ2) is 9.75. The monoisotopic (exact) mass is 505 g/mol. The number of carbonyl (C=O) groups excluding carboxylic acids is 2. The quantitative estimate of drug-likeness (QED) is 0.376. The van der Waals surface area contributed by atoms with Crippen molar-refractivity contribution in [3.63, 3.8) is 0 Å². The van der Waals surface area contributed by atoms with Crippen molar-refractivity contribution < 1.29 is 22.7 Å². The lowest BCUT2D eigenvalue weighted by molar-refractivity contribution is -0.119. The number of amides is 1. The molecule has 1 aromatic heterocycles. The second-order valence-corrected chi connectivity index (χ2v) is 10.7. The number of hydrogen-bond donors (Lipinski definition) is 1. The summed E-state index contributed by atoms with van der Waals surface area (Å²) in [5.74, 6) is -1.16. The molecule has 5 rings (SSSR count). The van der Waals surface area contributed by atoms with E-state index in [9.17, 15) is 18.0 Å². The number of hydrogen-bond acceptors (Lipinski definition) is 5. The summed E-state index contributed by atoms with van der Waals surface area (Å²) >= 11 is 0. The normalized spacial score (nSPS) is 14.4. The van der Waals surface area contributed by atoms with Gasteiger partial charge in [0.05, 0.1) is 10.5 Å². The van der Waals surface area contributed by atoms with Crippen molar-refractivity contribution in [2.75, 3.05) is 25.0 Å². The van der Waals surface area contributed by atoms with E-state index in [1.54, 1.807) is 0 Å². The molecule has 1 aliphatic rings. The van der Waals surface area contributed by atoms with Crippen LogP contribution in [0.4, 0.5) is 5.69 Å². The molecule has 0 unspecified atom stereocenters. The topological polar surface area (TPSA) is 97.7 Å². The Balaban J connectivity index is 1.23. The molecule has 0 radical (unpaired) electrons. The van der Waals surface area contributed by atoms with Crippen LogP contribution in [0.1, 0.15) is 30.1 Å². The van der Waals surface area contributed by atoms with Crippen LogP contribution in [0.3, 0.4) is 0 Å². The van der Waals surface area contributed by atoms with Gasteiger partial charge in [-0.05, 0) is 68.3 Å². The van der Waals surface area contributed by atoms with Crippen LogP contribution < -0.4 is 5.32 Å². The highest BCUT2D eigenvalue weighted by molar-refractivity contribution is 7.89. The predicted octanol–water partition coefficient (Wildman–Crippen LogP) is 4.39. The minimum absolute atomic E-state index is 0.138. The zero-order valence-electron chi connectivity index (χ0n) is 19.9. The minimum Gasteiger partial charge on any atom is -0.452 e. The third-order valence-corrected chi connectivity index (χ3v) is 8.41. The van der Waals surface area contributed by atoms with E-state index in [-0.39, 0.29) is 10.5 Å². The number of aromatic nitrogens is 1. The first-order valence-electron chi connectivity index (χ1n) is 12.0. The molecule has 2 heterocycles. The number of ether oxygens (including phenoxy) is 1. The molecule has 186 valence electrons. The first kappa shape index (κ1) is 24.0. The SMILES string of the molecule is CCn1c2ccccc2c2cc(NC(=O)COC(=O)c3ccc(S(=O)(=O)N4CCCC4)cc3)ccc21. The van der Waals surface area contributed by atoms with Gasteiger partial charge in [-0.15, -0.1) is 0 Å². The second-order valence-electron chi connectivity index (χ2n) is 8.75. The Labute approximate surface area is 209 Å². The summed E-state index contributed by atoms with van der Waals surface area (Å²) in [6.45, 7) is 3.48. The van der Waals surface area contributed by atoms with E-state index in [2.05, 4.69) is 28.9 Å². The molecule has 0 atom stereocenters. The lowest BCUT2D eigenvalue weighted by atomic mass is 10.1. The number of esters is 1. The van der Waals surface area contributed by atoms with E-state index in [4.69, 9.17) is 4.74 Å². The van der Waals surface area contributed by atoms with Crippen LogP contribution in [0.2, 0.25) is 0 Å². The lowest BCUT2D eigenvalue weighted by Gasteiger charge is -2.15. The van der Waals surface area contributed by atoms with Crippen LogP contribution in [0, 0.1) is 0 Å². The zero-order chi connectivity index (χ0) is 25.3. The summed E-state index contributed by atoms with van der Waals surface area (Å²) in [5, 5.41) is 4.92. The number of benzene rings is 3. The molecule has 36 heavy (non-hydrogen) atoms. The minimum atomic E-state index is -3.56. The fourth-order valence-corrected chi connectivity index (χ4v) is 6.24. The molecule has 3 aromatic carbocycles. The van der Waals surface area contributed by atoms with Gasteiger partial charge in [0, 0.05) is 47.1 Å². The molecule has 4 aromatic rings.